The van der Waals surface area contributed by atoms with Gasteiger partial charge in [-0.3, -0.25) is 9.78 Å². The summed E-state index contributed by atoms with van der Waals surface area (Å²) in [5.74, 6) is -4.24. The van der Waals surface area contributed by atoms with E-state index in [2.05, 4.69) is 10.3 Å². The van der Waals surface area contributed by atoms with E-state index in [9.17, 15) is 27.9 Å². The normalized spacial score (nSPS) is 11.5. The zero-order valence-corrected chi connectivity index (χ0v) is 13.7. The molecule has 0 radical (unpaired) electrons. The lowest BCUT2D eigenvalue weighted by Gasteiger charge is -2.14. The fraction of sp³-hybridized carbons (Fsp3) is 0.176. The molecule has 0 aliphatic heterocycles. The first-order chi connectivity index (χ1) is 12.6. The average molecular weight is 384 g/mol. The number of pyridine rings is 1. The van der Waals surface area contributed by atoms with Crippen LogP contribution in [0.2, 0.25) is 0 Å². The Bertz CT molecular complexity index is 767. The lowest BCUT2D eigenvalue weighted by Crippen LogP contribution is -2.42. The molecule has 27 heavy (non-hydrogen) atoms. The van der Waals surface area contributed by atoms with Gasteiger partial charge in [0.25, 0.3) is 5.91 Å². The van der Waals surface area contributed by atoms with Crippen LogP contribution < -0.4 is 5.32 Å². The number of aromatic nitrogens is 1. The summed E-state index contributed by atoms with van der Waals surface area (Å²) in [6.07, 6.45) is -1.86. The highest BCUT2D eigenvalue weighted by Crippen LogP contribution is 2.13. The molecule has 1 aromatic carbocycles. The number of benzene rings is 1. The standard InChI is InChI=1S/C15H14N2O3.C2HF3O2/c18-14(12-6-8-16-9-7-12)17-13(15(19)20)10-11-4-2-1-3-5-11;3-2(4,5)1(6)7/h1-9,13H,10H2,(H,17,18)(H,19,20);(H,6,7). The molecule has 1 aromatic heterocycles. The number of halogens is 3. The van der Waals surface area contributed by atoms with E-state index in [1.54, 1.807) is 0 Å². The maximum Gasteiger partial charge on any atom is 0.490 e. The predicted octanol–water partition coefficient (Wildman–Crippen LogP) is 2.14. The van der Waals surface area contributed by atoms with Crippen LogP contribution in [0.4, 0.5) is 13.2 Å². The van der Waals surface area contributed by atoms with E-state index in [1.807, 2.05) is 30.3 Å². The molecule has 10 heteroatoms. The molecule has 0 spiro atoms. The Kier molecular flexibility index (Phi) is 7.92. The van der Waals surface area contributed by atoms with Crippen molar-refractivity contribution in [3.05, 3.63) is 66.0 Å². The second kappa shape index (κ2) is 9.90. The van der Waals surface area contributed by atoms with E-state index >= 15 is 0 Å². The topological polar surface area (TPSA) is 117 Å². The van der Waals surface area contributed by atoms with Crippen LogP contribution in [0, 0.1) is 0 Å². The first-order valence-electron chi connectivity index (χ1n) is 7.39. The summed E-state index contributed by atoms with van der Waals surface area (Å²) in [6, 6.07) is 11.3. The van der Waals surface area contributed by atoms with E-state index in [4.69, 9.17) is 9.90 Å². The highest BCUT2D eigenvalue weighted by molar-refractivity contribution is 5.96. The third-order valence-corrected chi connectivity index (χ3v) is 3.07. The van der Waals surface area contributed by atoms with Gasteiger partial charge in [-0.1, -0.05) is 30.3 Å². The maximum atomic E-state index is 11.9. The number of carbonyl (C=O) groups excluding carboxylic acids is 1. The van der Waals surface area contributed by atoms with Crippen molar-refractivity contribution < 1.29 is 37.8 Å². The van der Waals surface area contributed by atoms with Crippen LogP contribution in [0.1, 0.15) is 15.9 Å². The molecule has 0 aliphatic carbocycles. The Morgan fingerprint density at radius 2 is 1.52 bits per heavy atom. The van der Waals surface area contributed by atoms with Gasteiger partial charge >= 0.3 is 18.1 Å². The molecule has 144 valence electrons. The average Bonchev–Trinajstić information content (AvgIpc) is 2.62. The Balaban J connectivity index is 0.000000445. The highest BCUT2D eigenvalue weighted by atomic mass is 19.4. The van der Waals surface area contributed by atoms with E-state index in [0.29, 0.717) is 5.56 Å². The summed E-state index contributed by atoms with van der Waals surface area (Å²) in [5.41, 5.74) is 1.24. The molecule has 2 aromatic rings. The van der Waals surface area contributed by atoms with Gasteiger partial charge in [-0.25, -0.2) is 9.59 Å². The second-order valence-electron chi connectivity index (χ2n) is 5.09. The number of alkyl halides is 3. The first-order valence-corrected chi connectivity index (χ1v) is 7.39. The summed E-state index contributed by atoms with van der Waals surface area (Å²) in [7, 11) is 0. The number of hydrogen-bond donors (Lipinski definition) is 3. The summed E-state index contributed by atoms with van der Waals surface area (Å²) in [4.78, 5) is 35.9. The van der Waals surface area contributed by atoms with Gasteiger partial charge in [-0.2, -0.15) is 13.2 Å². The molecule has 1 amide bonds. The summed E-state index contributed by atoms with van der Waals surface area (Å²) in [6.45, 7) is 0. The van der Waals surface area contributed by atoms with E-state index < -0.39 is 30.1 Å². The molecule has 0 fully saturated rings. The molecule has 0 aliphatic rings. The van der Waals surface area contributed by atoms with Crippen LogP contribution in [-0.2, 0) is 16.0 Å². The van der Waals surface area contributed by atoms with Crippen molar-refractivity contribution in [2.45, 2.75) is 18.6 Å². The number of carbonyl (C=O) groups is 3. The minimum atomic E-state index is -5.08. The third kappa shape index (κ3) is 7.99. The van der Waals surface area contributed by atoms with Crippen molar-refractivity contribution in [3.63, 3.8) is 0 Å². The van der Waals surface area contributed by atoms with Gasteiger partial charge in [0, 0.05) is 24.4 Å². The van der Waals surface area contributed by atoms with Crippen molar-refractivity contribution in [2.75, 3.05) is 0 Å². The Morgan fingerprint density at radius 1 is 1.00 bits per heavy atom. The number of amides is 1. The first kappa shape index (κ1) is 21.6. The summed E-state index contributed by atoms with van der Waals surface area (Å²) < 4.78 is 31.7. The van der Waals surface area contributed by atoms with Crippen LogP contribution in [0.3, 0.4) is 0 Å². The molecule has 0 bridgehead atoms. The fourth-order valence-corrected chi connectivity index (χ4v) is 1.79. The zero-order chi connectivity index (χ0) is 20.4. The molecule has 1 heterocycles. The number of rotatable bonds is 5. The zero-order valence-electron chi connectivity index (χ0n) is 13.7. The molecule has 0 saturated heterocycles. The molecular weight excluding hydrogens is 369 g/mol. The van der Waals surface area contributed by atoms with Crippen LogP contribution in [0.5, 0.6) is 0 Å². The molecule has 1 unspecified atom stereocenters. The van der Waals surface area contributed by atoms with Crippen molar-refractivity contribution in [2.24, 2.45) is 0 Å². The molecule has 0 saturated carbocycles. The van der Waals surface area contributed by atoms with Gasteiger partial charge in [0.2, 0.25) is 0 Å². The molecule has 3 N–H and O–H groups in total. The number of nitrogens with one attached hydrogen (secondary N) is 1. The van der Waals surface area contributed by atoms with E-state index in [0.717, 1.165) is 5.56 Å². The highest BCUT2D eigenvalue weighted by Gasteiger charge is 2.38. The van der Waals surface area contributed by atoms with Gasteiger partial charge in [-0.05, 0) is 17.7 Å². The van der Waals surface area contributed by atoms with E-state index in [1.165, 1.54) is 24.5 Å². The number of carboxylic acid groups (broad SMARTS) is 2. The number of nitrogens with zero attached hydrogens (tertiary/aromatic N) is 1. The molecule has 2 rings (SSSR count). The van der Waals surface area contributed by atoms with E-state index in [-0.39, 0.29) is 6.42 Å². The quantitative estimate of drug-likeness (QED) is 0.727. The van der Waals surface area contributed by atoms with Crippen LogP contribution in [0.25, 0.3) is 0 Å². The van der Waals surface area contributed by atoms with Gasteiger partial charge < -0.3 is 15.5 Å². The lowest BCUT2D eigenvalue weighted by molar-refractivity contribution is -0.192. The summed E-state index contributed by atoms with van der Waals surface area (Å²) >= 11 is 0. The minimum absolute atomic E-state index is 0.243. The van der Waals surface area contributed by atoms with Crippen LogP contribution in [0.15, 0.2) is 54.9 Å². The van der Waals surface area contributed by atoms with Crippen LogP contribution >= 0.6 is 0 Å². The van der Waals surface area contributed by atoms with Gasteiger partial charge in [-0.15, -0.1) is 0 Å². The molecular formula is C17H15F3N2O5. The number of carboxylic acids is 2. The maximum absolute atomic E-state index is 11.9. The monoisotopic (exact) mass is 384 g/mol. The van der Waals surface area contributed by atoms with Crippen molar-refractivity contribution in [3.8, 4) is 0 Å². The van der Waals surface area contributed by atoms with Gasteiger partial charge in [0.05, 0.1) is 0 Å². The van der Waals surface area contributed by atoms with Crippen LogP contribution in [-0.4, -0.2) is 45.3 Å². The number of aliphatic carboxylic acids is 2. The Hall–Kier alpha value is -3.43. The molecule has 7 nitrogen and oxygen atoms in total. The predicted molar refractivity (Wildman–Crippen MR) is 87.0 cm³/mol. The second-order valence-corrected chi connectivity index (χ2v) is 5.09. The lowest BCUT2D eigenvalue weighted by atomic mass is 10.1. The smallest absolute Gasteiger partial charge is 0.480 e. The Labute approximate surface area is 151 Å². The Morgan fingerprint density at radius 3 is 1.96 bits per heavy atom. The minimum Gasteiger partial charge on any atom is -0.480 e. The summed E-state index contributed by atoms with van der Waals surface area (Å²) in [5, 5.41) is 18.8. The number of hydrogen-bond acceptors (Lipinski definition) is 4. The van der Waals surface area contributed by atoms with Crippen molar-refractivity contribution in [1.29, 1.82) is 0 Å². The third-order valence-electron chi connectivity index (χ3n) is 3.07. The van der Waals surface area contributed by atoms with Gasteiger partial charge in [0.1, 0.15) is 6.04 Å². The van der Waals surface area contributed by atoms with Gasteiger partial charge in [0.15, 0.2) is 0 Å². The fourth-order valence-electron chi connectivity index (χ4n) is 1.79. The molecule has 1 atom stereocenters. The van der Waals surface area contributed by atoms with Crippen molar-refractivity contribution >= 4 is 17.8 Å². The SMILES string of the molecule is O=C(NC(Cc1ccccc1)C(=O)O)c1ccncc1.O=C(O)C(F)(F)F. The van der Waals surface area contributed by atoms with Crippen molar-refractivity contribution in [1.82, 2.24) is 10.3 Å². The largest absolute Gasteiger partial charge is 0.490 e.